The number of aryl methyl sites for hydroxylation is 1. The van der Waals surface area contributed by atoms with Gasteiger partial charge < -0.3 is 9.30 Å². The van der Waals surface area contributed by atoms with Gasteiger partial charge in [0.25, 0.3) is 0 Å². The maximum Gasteiger partial charge on any atom is 0.150 e. The Morgan fingerprint density at radius 3 is 2.59 bits per heavy atom. The van der Waals surface area contributed by atoms with E-state index >= 15 is 0 Å². The lowest BCUT2D eigenvalue weighted by Gasteiger charge is -2.11. The number of aromatic nitrogens is 4. The predicted octanol–water partition coefficient (Wildman–Crippen LogP) is 4.51. The number of ether oxygens (including phenoxy) is 1. The summed E-state index contributed by atoms with van der Waals surface area (Å²) in [5.74, 6) is 0.893. The highest BCUT2D eigenvalue weighted by atomic mass is 16.5. The first-order valence-corrected chi connectivity index (χ1v) is 9.02. The molecule has 0 bridgehead atoms. The Morgan fingerprint density at radius 1 is 0.963 bits per heavy atom. The second-order valence-electron chi connectivity index (χ2n) is 6.85. The summed E-state index contributed by atoms with van der Waals surface area (Å²) in [4.78, 5) is 9.69. The Hall–Kier alpha value is -3.34. The van der Waals surface area contributed by atoms with E-state index in [9.17, 15) is 0 Å². The van der Waals surface area contributed by atoms with Gasteiger partial charge in [0.1, 0.15) is 17.7 Å². The maximum atomic E-state index is 5.54. The van der Waals surface area contributed by atoms with Gasteiger partial charge in [-0.05, 0) is 37.6 Å². The van der Waals surface area contributed by atoms with Crippen LogP contribution < -0.4 is 4.74 Å². The molecule has 5 nitrogen and oxygen atoms in total. The number of nitrogens with zero attached hydrogens (tertiary/aromatic N) is 4. The molecule has 0 saturated carbocycles. The average molecular weight is 356 g/mol. The molecule has 0 saturated heterocycles. The monoisotopic (exact) mass is 356 g/mol. The van der Waals surface area contributed by atoms with Crippen molar-refractivity contribution >= 4 is 27.7 Å². The highest BCUT2D eigenvalue weighted by molar-refractivity contribution is 5.98. The average Bonchev–Trinajstić information content (AvgIpc) is 3.19. The quantitative estimate of drug-likeness (QED) is 0.478. The van der Waals surface area contributed by atoms with Crippen molar-refractivity contribution in [2.75, 3.05) is 7.11 Å². The molecule has 5 aromatic rings. The summed E-state index contributed by atoms with van der Waals surface area (Å²) in [6, 6.07) is 16.3. The number of imidazole rings is 1. The molecule has 0 spiro atoms. The molecule has 2 aromatic carbocycles. The minimum atomic E-state index is 0.712. The molecule has 0 aliphatic heterocycles. The van der Waals surface area contributed by atoms with Crippen LogP contribution in [0, 0.1) is 13.8 Å². The van der Waals surface area contributed by atoms with E-state index in [-0.39, 0.29) is 0 Å². The first-order valence-electron chi connectivity index (χ1n) is 9.02. The molecule has 3 aromatic heterocycles. The molecule has 0 atom stereocenters. The van der Waals surface area contributed by atoms with E-state index in [4.69, 9.17) is 14.7 Å². The topological polar surface area (TPSA) is 44.4 Å². The summed E-state index contributed by atoms with van der Waals surface area (Å²) in [7, 11) is 1.71. The SMILES string of the molecule is COc1ccccc1Cn1c(C)c(C)c2c1ncn1c3ccccc3nc21. The van der Waals surface area contributed by atoms with Gasteiger partial charge in [0, 0.05) is 11.3 Å². The third-order valence-corrected chi connectivity index (χ3v) is 5.44. The van der Waals surface area contributed by atoms with Gasteiger partial charge in [-0.15, -0.1) is 0 Å². The van der Waals surface area contributed by atoms with Crippen molar-refractivity contribution in [1.82, 2.24) is 18.9 Å². The standard InChI is InChI=1S/C22H20N4O/c1-14-15(2)25(12-16-8-4-7-11-19(16)27-3)21-20(14)22-24-17-9-5-6-10-18(17)26(22)13-23-21/h4-11,13H,12H2,1-3H3. The van der Waals surface area contributed by atoms with Crippen molar-refractivity contribution in [3.63, 3.8) is 0 Å². The molecule has 27 heavy (non-hydrogen) atoms. The van der Waals surface area contributed by atoms with Crippen LogP contribution in [0.3, 0.4) is 0 Å². The Bertz CT molecular complexity index is 1310. The molecular formula is C22H20N4O. The number of fused-ring (bicyclic) bond motifs is 5. The number of hydrogen-bond donors (Lipinski definition) is 0. The van der Waals surface area contributed by atoms with Crippen LogP contribution in [0.5, 0.6) is 5.75 Å². The fourth-order valence-corrected chi connectivity index (χ4v) is 3.89. The highest BCUT2D eigenvalue weighted by Crippen LogP contribution is 2.31. The largest absolute Gasteiger partial charge is 0.496 e. The Morgan fingerprint density at radius 2 is 1.74 bits per heavy atom. The van der Waals surface area contributed by atoms with Gasteiger partial charge in [0.15, 0.2) is 5.65 Å². The normalized spacial score (nSPS) is 11.7. The molecule has 3 heterocycles. The van der Waals surface area contributed by atoms with Crippen LogP contribution >= 0.6 is 0 Å². The second kappa shape index (κ2) is 5.84. The summed E-state index contributed by atoms with van der Waals surface area (Å²) in [6.45, 7) is 5.01. The highest BCUT2D eigenvalue weighted by Gasteiger charge is 2.18. The lowest BCUT2D eigenvalue weighted by molar-refractivity contribution is 0.408. The molecule has 0 aliphatic rings. The van der Waals surface area contributed by atoms with E-state index in [0.29, 0.717) is 6.54 Å². The molecule has 0 radical (unpaired) electrons. The van der Waals surface area contributed by atoms with Gasteiger partial charge in [0.05, 0.1) is 30.1 Å². The number of benzene rings is 2. The van der Waals surface area contributed by atoms with Crippen LogP contribution in [0.1, 0.15) is 16.8 Å². The molecule has 0 N–H and O–H groups in total. The number of methoxy groups -OCH3 is 1. The van der Waals surface area contributed by atoms with Gasteiger partial charge in [0.2, 0.25) is 0 Å². The fraction of sp³-hybridized carbons (Fsp3) is 0.182. The summed E-state index contributed by atoms with van der Waals surface area (Å²) in [6.07, 6.45) is 1.88. The Balaban J connectivity index is 1.79. The van der Waals surface area contributed by atoms with Crippen LogP contribution in [-0.4, -0.2) is 26.0 Å². The summed E-state index contributed by atoms with van der Waals surface area (Å²) in [5, 5.41) is 1.11. The van der Waals surface area contributed by atoms with E-state index < -0.39 is 0 Å². The van der Waals surface area contributed by atoms with E-state index in [1.54, 1.807) is 7.11 Å². The molecule has 5 heteroatoms. The number of para-hydroxylation sites is 3. The first-order chi connectivity index (χ1) is 13.2. The summed E-state index contributed by atoms with van der Waals surface area (Å²) in [5.41, 5.74) is 7.53. The number of rotatable bonds is 3. The van der Waals surface area contributed by atoms with Gasteiger partial charge in [-0.3, -0.25) is 4.40 Å². The lowest BCUT2D eigenvalue weighted by Crippen LogP contribution is -2.05. The van der Waals surface area contributed by atoms with Crippen LogP contribution in [0.25, 0.3) is 27.7 Å². The molecule has 5 rings (SSSR count). The van der Waals surface area contributed by atoms with Crippen molar-refractivity contribution < 1.29 is 4.74 Å². The lowest BCUT2D eigenvalue weighted by atomic mass is 10.2. The minimum absolute atomic E-state index is 0.712. The fourth-order valence-electron chi connectivity index (χ4n) is 3.89. The zero-order valence-corrected chi connectivity index (χ0v) is 15.6. The molecule has 0 aliphatic carbocycles. The minimum Gasteiger partial charge on any atom is -0.496 e. The van der Waals surface area contributed by atoms with Crippen molar-refractivity contribution in [3.05, 3.63) is 71.7 Å². The van der Waals surface area contributed by atoms with Crippen LogP contribution in [0.15, 0.2) is 54.9 Å². The van der Waals surface area contributed by atoms with Gasteiger partial charge >= 0.3 is 0 Å². The third-order valence-electron chi connectivity index (χ3n) is 5.44. The van der Waals surface area contributed by atoms with Crippen molar-refractivity contribution in [3.8, 4) is 5.75 Å². The van der Waals surface area contributed by atoms with Gasteiger partial charge in [-0.2, -0.15) is 0 Å². The van der Waals surface area contributed by atoms with Crippen molar-refractivity contribution in [2.45, 2.75) is 20.4 Å². The van der Waals surface area contributed by atoms with E-state index in [0.717, 1.165) is 39.0 Å². The summed E-state index contributed by atoms with van der Waals surface area (Å²) < 4.78 is 9.87. The van der Waals surface area contributed by atoms with Gasteiger partial charge in [-0.1, -0.05) is 30.3 Å². The maximum absolute atomic E-state index is 5.54. The van der Waals surface area contributed by atoms with E-state index in [2.05, 4.69) is 34.9 Å². The molecular weight excluding hydrogens is 336 g/mol. The van der Waals surface area contributed by atoms with E-state index in [1.807, 2.05) is 42.7 Å². The molecule has 134 valence electrons. The Kier molecular flexibility index (Phi) is 3.44. The van der Waals surface area contributed by atoms with Crippen LogP contribution in [-0.2, 0) is 6.54 Å². The van der Waals surface area contributed by atoms with E-state index in [1.165, 1.54) is 11.3 Å². The van der Waals surface area contributed by atoms with Crippen LogP contribution in [0.4, 0.5) is 0 Å². The molecule has 0 amide bonds. The van der Waals surface area contributed by atoms with Crippen molar-refractivity contribution in [1.29, 1.82) is 0 Å². The smallest absolute Gasteiger partial charge is 0.150 e. The van der Waals surface area contributed by atoms with Gasteiger partial charge in [-0.25, -0.2) is 9.97 Å². The first kappa shape index (κ1) is 15.9. The summed E-state index contributed by atoms with van der Waals surface area (Å²) >= 11 is 0. The van der Waals surface area contributed by atoms with Crippen molar-refractivity contribution in [2.24, 2.45) is 0 Å². The predicted molar refractivity (Wildman–Crippen MR) is 108 cm³/mol. The second-order valence-corrected chi connectivity index (χ2v) is 6.85. The third kappa shape index (κ3) is 2.24. The zero-order chi connectivity index (χ0) is 18.5. The van der Waals surface area contributed by atoms with Crippen LogP contribution in [0.2, 0.25) is 0 Å². The Labute approximate surface area is 156 Å². The molecule has 0 unspecified atom stereocenters. The zero-order valence-electron chi connectivity index (χ0n) is 15.6. The number of hydrogen-bond acceptors (Lipinski definition) is 3. The molecule has 0 fully saturated rings.